The second kappa shape index (κ2) is 16.6. The molecule has 1 heterocycles. The Hall–Kier alpha value is -3.17. The highest BCUT2D eigenvalue weighted by molar-refractivity contribution is 7.98. The first-order valence-electron chi connectivity index (χ1n) is 14.1. The summed E-state index contributed by atoms with van der Waals surface area (Å²) >= 11 is 1.48. The Kier molecular flexibility index (Phi) is 13.9. The molecule has 5 N–H and O–H groups in total. The van der Waals surface area contributed by atoms with E-state index in [1.165, 1.54) is 25.6 Å². The Morgan fingerprint density at radius 3 is 2.05 bits per heavy atom. The molecule has 0 radical (unpaired) electrons. The molecule has 15 heteroatoms. The zero-order valence-electron chi connectivity index (χ0n) is 25.5. The quantitative estimate of drug-likeness (QED) is 0.261. The van der Waals surface area contributed by atoms with E-state index in [2.05, 4.69) is 26.6 Å². The minimum atomic E-state index is -3.93. The number of nitrogens with one attached hydrogen (secondary N) is 5. The average Bonchev–Trinajstić information content (AvgIpc) is 2.92. The summed E-state index contributed by atoms with van der Waals surface area (Å²) in [5.74, 6) is -2.94. The van der Waals surface area contributed by atoms with Gasteiger partial charge in [-0.2, -0.15) is 16.1 Å². The monoisotopic (exact) mass is 640 g/mol. The van der Waals surface area contributed by atoms with Gasteiger partial charge in [-0.15, -0.1) is 0 Å². The third-order valence-corrected chi connectivity index (χ3v) is 8.76. The van der Waals surface area contributed by atoms with Crippen molar-refractivity contribution in [2.24, 2.45) is 5.92 Å². The highest BCUT2D eigenvalue weighted by Gasteiger charge is 2.33. The van der Waals surface area contributed by atoms with E-state index in [0.717, 1.165) is 16.1 Å². The van der Waals surface area contributed by atoms with Gasteiger partial charge >= 0.3 is 0 Å². The Balaban J connectivity index is 2.48. The van der Waals surface area contributed by atoms with Crippen LogP contribution in [0.4, 0.5) is 0 Å². The fraction of sp³-hybridized carbons (Fsp3) is 0.607. The third-order valence-electron chi connectivity index (χ3n) is 6.90. The summed E-state index contributed by atoms with van der Waals surface area (Å²) in [4.78, 5) is 65.7. The molecule has 2 rings (SSSR count). The van der Waals surface area contributed by atoms with Crippen molar-refractivity contribution in [2.45, 2.75) is 70.7 Å². The van der Waals surface area contributed by atoms with Crippen LogP contribution < -0.4 is 26.6 Å². The fourth-order valence-corrected chi connectivity index (χ4v) is 5.69. The summed E-state index contributed by atoms with van der Waals surface area (Å²) in [6.07, 6.45) is 3.32. The van der Waals surface area contributed by atoms with Crippen LogP contribution in [0.25, 0.3) is 0 Å². The van der Waals surface area contributed by atoms with Crippen molar-refractivity contribution in [2.75, 3.05) is 31.4 Å². The maximum absolute atomic E-state index is 13.3. The number of hydrogen-bond acceptors (Lipinski definition) is 8. The predicted octanol–water partition coefficient (Wildman–Crippen LogP) is -0.623. The number of sulfonamides is 1. The van der Waals surface area contributed by atoms with Crippen LogP contribution in [0.3, 0.4) is 0 Å². The van der Waals surface area contributed by atoms with Gasteiger partial charge < -0.3 is 26.6 Å². The third kappa shape index (κ3) is 11.8. The fourth-order valence-electron chi connectivity index (χ4n) is 4.42. The minimum Gasteiger partial charge on any atom is -0.350 e. The number of benzene rings is 1. The van der Waals surface area contributed by atoms with Gasteiger partial charge in [0.1, 0.15) is 24.2 Å². The molecule has 1 saturated heterocycles. The van der Waals surface area contributed by atoms with Gasteiger partial charge in [-0.05, 0) is 50.2 Å². The van der Waals surface area contributed by atoms with Crippen molar-refractivity contribution >= 4 is 51.3 Å². The van der Waals surface area contributed by atoms with Crippen molar-refractivity contribution in [3.8, 4) is 0 Å². The van der Waals surface area contributed by atoms with Crippen molar-refractivity contribution in [3.05, 3.63) is 35.9 Å². The first kappa shape index (κ1) is 36.0. The number of nitrogens with zero attached hydrogens (tertiary/aromatic N) is 1. The Bertz CT molecular complexity index is 1250. The highest BCUT2D eigenvalue weighted by Crippen LogP contribution is 2.10. The summed E-state index contributed by atoms with van der Waals surface area (Å²) in [5, 5.41) is 13.3. The first-order valence-corrected chi connectivity index (χ1v) is 17.3. The van der Waals surface area contributed by atoms with Gasteiger partial charge in [-0.25, -0.2) is 8.42 Å². The second-order valence-corrected chi connectivity index (χ2v) is 14.0. The largest absolute Gasteiger partial charge is 0.350 e. The van der Waals surface area contributed by atoms with Gasteiger partial charge in [-0.1, -0.05) is 44.2 Å². The molecule has 1 aromatic carbocycles. The average molecular weight is 641 g/mol. The van der Waals surface area contributed by atoms with Gasteiger partial charge in [0.25, 0.3) is 0 Å². The summed E-state index contributed by atoms with van der Waals surface area (Å²) in [6, 6.07) is 4.18. The lowest BCUT2D eigenvalue weighted by molar-refractivity contribution is -0.135. The van der Waals surface area contributed by atoms with Gasteiger partial charge in [0.05, 0.1) is 12.8 Å². The topological polar surface area (TPSA) is 183 Å². The number of carbonyl (C=O) groups excluding carboxylic acids is 5. The van der Waals surface area contributed by atoms with E-state index in [9.17, 15) is 32.4 Å². The molecule has 13 nitrogen and oxygen atoms in total. The number of thioether (sulfide) groups is 1. The molecule has 0 aromatic heterocycles. The molecule has 43 heavy (non-hydrogen) atoms. The van der Waals surface area contributed by atoms with Crippen LogP contribution in [0.15, 0.2) is 30.3 Å². The van der Waals surface area contributed by atoms with Gasteiger partial charge in [-0.3, -0.25) is 24.0 Å². The molecule has 1 aromatic rings. The van der Waals surface area contributed by atoms with E-state index < -0.39 is 76.3 Å². The molecular weight excluding hydrogens is 596 g/mol. The van der Waals surface area contributed by atoms with Crippen molar-refractivity contribution in [3.63, 3.8) is 0 Å². The van der Waals surface area contributed by atoms with Crippen LogP contribution in [-0.2, 0) is 40.4 Å². The normalized spacial score (nSPS) is 25.9. The Morgan fingerprint density at radius 2 is 1.47 bits per heavy atom. The maximum atomic E-state index is 13.3. The standard InChI is InChI=1S/C28H44N6O7S2/c1-17(2)24-28(39)32-22(12-13-42-5)27(38)30-19(4)25(36)31-21(14-20-10-8-7-9-11-20)15-34(43(6,40)41)16-23(35)29-18(3)26(37)33-24/h7-11,17-19,21-22,24H,12-16H2,1-6H3,(H,29,35)(H,30,38)(H,31,36)(H,32,39)(H,33,37)/t18-,19+,21-,22+,24+/m1/s1. The molecule has 0 spiro atoms. The van der Waals surface area contributed by atoms with Crippen LogP contribution in [0.2, 0.25) is 0 Å². The molecule has 1 aliphatic heterocycles. The summed E-state index contributed by atoms with van der Waals surface area (Å²) in [5.41, 5.74) is 0.814. The molecule has 1 fully saturated rings. The maximum Gasteiger partial charge on any atom is 0.243 e. The van der Waals surface area contributed by atoms with Crippen LogP contribution in [-0.4, -0.2) is 104 Å². The van der Waals surface area contributed by atoms with Crippen LogP contribution >= 0.6 is 11.8 Å². The Morgan fingerprint density at radius 1 is 0.860 bits per heavy atom. The van der Waals surface area contributed by atoms with Crippen LogP contribution in [0.1, 0.15) is 39.7 Å². The number of hydrogen-bond donors (Lipinski definition) is 5. The van der Waals surface area contributed by atoms with Gasteiger partial charge in [0, 0.05) is 12.6 Å². The van der Waals surface area contributed by atoms with Crippen molar-refractivity contribution < 1.29 is 32.4 Å². The van der Waals surface area contributed by atoms with E-state index in [0.29, 0.717) is 5.75 Å². The number of carbonyl (C=O) groups is 5. The summed E-state index contributed by atoms with van der Waals surface area (Å²) in [6.45, 7) is 5.50. The molecule has 240 valence electrons. The summed E-state index contributed by atoms with van der Waals surface area (Å²) < 4.78 is 26.4. The molecule has 0 bridgehead atoms. The summed E-state index contributed by atoms with van der Waals surface area (Å²) in [7, 11) is -3.93. The van der Waals surface area contributed by atoms with E-state index >= 15 is 0 Å². The minimum absolute atomic E-state index is 0.239. The smallest absolute Gasteiger partial charge is 0.243 e. The van der Waals surface area contributed by atoms with Gasteiger partial charge in [0.15, 0.2) is 0 Å². The lowest BCUT2D eigenvalue weighted by Gasteiger charge is -2.29. The molecule has 0 aliphatic carbocycles. The van der Waals surface area contributed by atoms with Crippen LogP contribution in [0.5, 0.6) is 0 Å². The predicted molar refractivity (Wildman–Crippen MR) is 165 cm³/mol. The highest BCUT2D eigenvalue weighted by atomic mass is 32.2. The lowest BCUT2D eigenvalue weighted by Crippen LogP contribution is -2.60. The first-order chi connectivity index (χ1) is 20.1. The van der Waals surface area contributed by atoms with E-state index in [1.807, 2.05) is 36.6 Å². The molecule has 0 unspecified atom stereocenters. The van der Waals surface area contributed by atoms with Crippen molar-refractivity contribution in [1.29, 1.82) is 0 Å². The molecule has 1 aliphatic rings. The van der Waals surface area contributed by atoms with E-state index in [4.69, 9.17) is 0 Å². The number of rotatable bonds is 7. The number of amides is 5. The second-order valence-electron chi connectivity index (χ2n) is 11.0. The van der Waals surface area contributed by atoms with E-state index in [1.54, 1.807) is 13.8 Å². The molecule has 5 atom stereocenters. The SMILES string of the molecule is CSCC[C@@H]1NC(=O)[C@H](C(C)C)NC(=O)[C@@H](C)NC(=O)CN(S(C)(=O)=O)C[C@@H](Cc2ccccc2)NC(=O)[C@H](C)NC1=O. The molecule has 5 amide bonds. The zero-order valence-corrected chi connectivity index (χ0v) is 27.1. The van der Waals surface area contributed by atoms with Crippen LogP contribution in [0, 0.1) is 5.92 Å². The van der Waals surface area contributed by atoms with E-state index in [-0.39, 0.29) is 25.3 Å². The van der Waals surface area contributed by atoms with Crippen molar-refractivity contribution in [1.82, 2.24) is 30.9 Å². The molecule has 0 saturated carbocycles. The Labute approximate surface area is 258 Å². The van der Waals surface area contributed by atoms with Gasteiger partial charge in [0.2, 0.25) is 39.6 Å². The lowest BCUT2D eigenvalue weighted by atomic mass is 10.0. The zero-order chi connectivity index (χ0) is 32.3. The molecular formula is C28H44N6O7S2.